The molecule has 0 spiro atoms. The van der Waals surface area contributed by atoms with Gasteiger partial charge in [0.2, 0.25) is 0 Å². The Kier molecular flexibility index (Phi) is 10.8. The smallest absolute Gasteiger partial charge is 0.343 e. The van der Waals surface area contributed by atoms with E-state index in [1.165, 1.54) is 70.6 Å². The molecule has 0 atom stereocenters. The molecule has 3 rings (SSSR count). The maximum absolute atomic E-state index is 12.3. The molecule has 0 saturated heterocycles. The van der Waals surface area contributed by atoms with Gasteiger partial charge in [-0.2, -0.15) is 0 Å². The molecule has 0 N–H and O–H groups in total. The van der Waals surface area contributed by atoms with Gasteiger partial charge in [0, 0.05) is 0 Å². The fraction of sp³-hybridized carbons (Fsp3) is 0.567. The van der Waals surface area contributed by atoms with Gasteiger partial charge in [0.1, 0.15) is 11.5 Å². The molecule has 1 fully saturated rings. The Labute approximate surface area is 200 Å². The summed E-state index contributed by atoms with van der Waals surface area (Å²) < 4.78 is 11.3. The average molecular weight is 451 g/mol. The predicted octanol–water partition coefficient (Wildman–Crippen LogP) is 8.54. The van der Waals surface area contributed by atoms with Crippen LogP contribution >= 0.6 is 0 Å². The fourth-order valence-electron chi connectivity index (χ4n) is 4.87. The van der Waals surface area contributed by atoms with E-state index in [4.69, 9.17) is 9.47 Å². The molecular weight excluding hydrogens is 408 g/mol. The summed E-state index contributed by atoms with van der Waals surface area (Å²) in [6, 6.07) is 14.7. The van der Waals surface area contributed by atoms with Gasteiger partial charge in [-0.3, -0.25) is 0 Å². The summed E-state index contributed by atoms with van der Waals surface area (Å²) in [5.74, 6) is 2.89. The molecule has 3 heteroatoms. The zero-order chi connectivity index (χ0) is 23.3. The summed E-state index contributed by atoms with van der Waals surface area (Å²) in [5, 5.41) is 0. The minimum Gasteiger partial charge on any atom is -0.494 e. The molecule has 180 valence electrons. The standard InChI is InChI=1S/C30H42O3/c1-3-4-5-6-7-9-25-13-15-26(16-14-25)10-8-23-32-28-21-17-27(18-22-28)30(31)33-29-19-11-24(2)12-20-29/h11-12,17-22,25-26H,3-10,13-16,23H2,1-2H3/t25-,26-. The number of benzene rings is 2. The maximum atomic E-state index is 12.3. The largest absolute Gasteiger partial charge is 0.494 e. The number of unbranched alkanes of at least 4 members (excludes halogenated alkanes) is 4. The Balaban J connectivity index is 1.27. The van der Waals surface area contributed by atoms with Gasteiger partial charge in [-0.05, 0) is 68.0 Å². The van der Waals surface area contributed by atoms with Crippen LogP contribution in [0.4, 0.5) is 0 Å². The van der Waals surface area contributed by atoms with Crippen molar-refractivity contribution in [1.29, 1.82) is 0 Å². The number of ether oxygens (including phenoxy) is 2. The highest BCUT2D eigenvalue weighted by molar-refractivity contribution is 5.91. The topological polar surface area (TPSA) is 35.5 Å². The van der Waals surface area contributed by atoms with Gasteiger partial charge in [0.05, 0.1) is 12.2 Å². The lowest BCUT2D eigenvalue weighted by molar-refractivity contribution is 0.0734. The van der Waals surface area contributed by atoms with E-state index in [1.54, 1.807) is 12.1 Å². The lowest BCUT2D eigenvalue weighted by Crippen LogP contribution is -2.15. The number of carbonyl (C=O) groups is 1. The molecule has 2 aromatic carbocycles. The molecule has 0 unspecified atom stereocenters. The van der Waals surface area contributed by atoms with Gasteiger partial charge in [-0.1, -0.05) is 88.8 Å². The molecule has 0 aliphatic heterocycles. The molecule has 33 heavy (non-hydrogen) atoms. The summed E-state index contributed by atoms with van der Waals surface area (Å²) in [7, 11) is 0. The van der Waals surface area contributed by atoms with Crippen molar-refractivity contribution in [3.8, 4) is 11.5 Å². The van der Waals surface area contributed by atoms with Crippen molar-refractivity contribution in [2.45, 2.75) is 90.9 Å². The first kappa shape index (κ1) is 25.3. The Morgan fingerprint density at radius 2 is 1.33 bits per heavy atom. The van der Waals surface area contributed by atoms with E-state index < -0.39 is 0 Å². The average Bonchev–Trinajstić information content (AvgIpc) is 2.84. The van der Waals surface area contributed by atoms with Crippen LogP contribution in [0.15, 0.2) is 48.5 Å². The van der Waals surface area contributed by atoms with Crippen molar-refractivity contribution >= 4 is 5.97 Å². The Hall–Kier alpha value is -2.29. The number of hydrogen-bond acceptors (Lipinski definition) is 3. The monoisotopic (exact) mass is 450 g/mol. The molecule has 0 heterocycles. The number of hydrogen-bond donors (Lipinski definition) is 0. The van der Waals surface area contributed by atoms with Crippen molar-refractivity contribution in [3.63, 3.8) is 0 Å². The van der Waals surface area contributed by atoms with Gasteiger partial charge in [0.25, 0.3) is 0 Å². The van der Waals surface area contributed by atoms with Gasteiger partial charge >= 0.3 is 5.97 Å². The third-order valence-electron chi connectivity index (χ3n) is 7.03. The number of carbonyl (C=O) groups excluding carboxylic acids is 1. The summed E-state index contributed by atoms with van der Waals surface area (Å²) in [5.41, 5.74) is 1.67. The highest BCUT2D eigenvalue weighted by atomic mass is 16.5. The van der Waals surface area contributed by atoms with E-state index in [9.17, 15) is 4.79 Å². The Morgan fingerprint density at radius 1 is 0.758 bits per heavy atom. The number of esters is 1. The fourth-order valence-corrected chi connectivity index (χ4v) is 4.87. The van der Waals surface area contributed by atoms with Crippen LogP contribution in [-0.4, -0.2) is 12.6 Å². The third-order valence-corrected chi connectivity index (χ3v) is 7.03. The normalized spacial score (nSPS) is 18.1. The Bertz CT molecular complexity index is 801. The molecule has 0 amide bonds. The molecule has 1 aliphatic rings. The number of aryl methyl sites for hydroxylation is 1. The maximum Gasteiger partial charge on any atom is 0.343 e. The summed E-state index contributed by atoms with van der Waals surface area (Å²) >= 11 is 0. The first-order valence-electron chi connectivity index (χ1n) is 13.2. The molecule has 1 aliphatic carbocycles. The summed E-state index contributed by atoms with van der Waals surface area (Å²) in [6.07, 6.45) is 16.5. The second-order valence-electron chi connectivity index (χ2n) is 9.81. The molecule has 1 saturated carbocycles. The zero-order valence-corrected chi connectivity index (χ0v) is 20.7. The lowest BCUT2D eigenvalue weighted by atomic mass is 9.78. The van der Waals surface area contributed by atoms with Gasteiger partial charge in [-0.25, -0.2) is 4.79 Å². The SMILES string of the molecule is CCCCCCC[C@H]1CC[C@H](CCCOc2ccc(C(=O)Oc3ccc(C)cc3)cc2)CC1. The van der Waals surface area contributed by atoms with Gasteiger partial charge < -0.3 is 9.47 Å². The van der Waals surface area contributed by atoms with Crippen LogP contribution in [0, 0.1) is 18.8 Å². The Morgan fingerprint density at radius 3 is 1.97 bits per heavy atom. The van der Waals surface area contributed by atoms with Crippen LogP contribution in [0.3, 0.4) is 0 Å². The zero-order valence-electron chi connectivity index (χ0n) is 20.7. The van der Waals surface area contributed by atoms with E-state index in [0.717, 1.165) is 36.2 Å². The van der Waals surface area contributed by atoms with Crippen LogP contribution in [-0.2, 0) is 0 Å². The lowest BCUT2D eigenvalue weighted by Gasteiger charge is -2.28. The van der Waals surface area contributed by atoms with Crippen LogP contribution in [0.5, 0.6) is 11.5 Å². The van der Waals surface area contributed by atoms with Crippen molar-refractivity contribution in [1.82, 2.24) is 0 Å². The molecule has 0 radical (unpaired) electrons. The van der Waals surface area contributed by atoms with Crippen molar-refractivity contribution in [3.05, 3.63) is 59.7 Å². The van der Waals surface area contributed by atoms with Crippen LogP contribution < -0.4 is 9.47 Å². The van der Waals surface area contributed by atoms with Crippen molar-refractivity contribution < 1.29 is 14.3 Å². The minimum atomic E-state index is -0.345. The quantitative estimate of drug-likeness (QED) is 0.174. The van der Waals surface area contributed by atoms with Crippen molar-refractivity contribution in [2.24, 2.45) is 11.8 Å². The molecule has 0 bridgehead atoms. The first-order valence-corrected chi connectivity index (χ1v) is 13.2. The van der Waals surface area contributed by atoms with Crippen molar-refractivity contribution in [2.75, 3.05) is 6.61 Å². The van der Waals surface area contributed by atoms with Crippen LogP contribution in [0.2, 0.25) is 0 Å². The summed E-state index contributed by atoms with van der Waals surface area (Å²) in [4.78, 5) is 12.3. The van der Waals surface area contributed by atoms with E-state index in [1.807, 2.05) is 43.3 Å². The van der Waals surface area contributed by atoms with Crippen LogP contribution in [0.1, 0.15) is 99.9 Å². The number of rotatable bonds is 13. The molecule has 0 aromatic heterocycles. The van der Waals surface area contributed by atoms with Gasteiger partial charge in [0.15, 0.2) is 0 Å². The predicted molar refractivity (Wildman–Crippen MR) is 136 cm³/mol. The molecule has 3 nitrogen and oxygen atoms in total. The van der Waals surface area contributed by atoms with Crippen LogP contribution in [0.25, 0.3) is 0 Å². The first-order chi connectivity index (χ1) is 16.1. The minimum absolute atomic E-state index is 0.345. The second kappa shape index (κ2) is 14.1. The molecular formula is C30H42O3. The van der Waals surface area contributed by atoms with E-state index in [0.29, 0.717) is 11.3 Å². The van der Waals surface area contributed by atoms with Gasteiger partial charge in [-0.15, -0.1) is 0 Å². The van der Waals surface area contributed by atoms with E-state index in [2.05, 4.69) is 6.92 Å². The second-order valence-corrected chi connectivity index (χ2v) is 9.81. The molecule has 2 aromatic rings. The third kappa shape index (κ3) is 9.23. The highest BCUT2D eigenvalue weighted by Crippen LogP contribution is 2.34. The van der Waals surface area contributed by atoms with E-state index in [-0.39, 0.29) is 5.97 Å². The highest BCUT2D eigenvalue weighted by Gasteiger charge is 2.20. The summed E-state index contributed by atoms with van der Waals surface area (Å²) in [6.45, 7) is 5.03. The van der Waals surface area contributed by atoms with E-state index >= 15 is 0 Å².